The summed E-state index contributed by atoms with van der Waals surface area (Å²) in [4.78, 5) is 14.5. The van der Waals surface area contributed by atoms with Crippen LogP contribution in [0, 0.1) is 0 Å². The van der Waals surface area contributed by atoms with Crippen LogP contribution in [0.25, 0.3) is 0 Å². The van der Waals surface area contributed by atoms with Crippen molar-refractivity contribution in [2.75, 3.05) is 44.1 Å². The molecule has 1 aliphatic rings. The summed E-state index contributed by atoms with van der Waals surface area (Å²) in [7, 11) is 3.23. The van der Waals surface area contributed by atoms with Gasteiger partial charge in [0.1, 0.15) is 0 Å². The van der Waals surface area contributed by atoms with Crippen LogP contribution in [-0.2, 0) is 6.42 Å². The van der Waals surface area contributed by atoms with Crippen molar-refractivity contribution in [2.24, 2.45) is 0 Å². The first kappa shape index (κ1) is 19.9. The van der Waals surface area contributed by atoms with Gasteiger partial charge in [-0.05, 0) is 67.6 Å². The maximum absolute atomic E-state index is 12.1. The first-order valence-electron chi connectivity index (χ1n) is 9.80. The van der Waals surface area contributed by atoms with Crippen LogP contribution in [0.1, 0.15) is 24.8 Å². The number of methoxy groups -OCH3 is 2. The van der Waals surface area contributed by atoms with Crippen molar-refractivity contribution in [2.45, 2.75) is 25.7 Å². The number of ether oxygens (including phenoxy) is 2. The number of nitrogens with zero attached hydrogens (tertiary/aromatic N) is 1. The Kier molecular flexibility index (Phi) is 7.00. The molecule has 0 atom stereocenters. The molecule has 2 aromatic rings. The molecule has 1 fully saturated rings. The van der Waals surface area contributed by atoms with Crippen molar-refractivity contribution in [1.82, 2.24) is 5.32 Å². The molecular formula is C22H29N3O3. The van der Waals surface area contributed by atoms with Crippen molar-refractivity contribution < 1.29 is 14.3 Å². The summed E-state index contributed by atoms with van der Waals surface area (Å²) in [5, 5.41) is 5.78. The van der Waals surface area contributed by atoms with E-state index in [-0.39, 0.29) is 6.03 Å². The van der Waals surface area contributed by atoms with Gasteiger partial charge in [0, 0.05) is 31.0 Å². The van der Waals surface area contributed by atoms with Crippen molar-refractivity contribution in [1.29, 1.82) is 0 Å². The fraction of sp³-hybridized carbons (Fsp3) is 0.409. The van der Waals surface area contributed by atoms with E-state index < -0.39 is 0 Å². The number of carbonyl (C=O) groups is 1. The van der Waals surface area contributed by atoms with Gasteiger partial charge in [-0.15, -0.1) is 0 Å². The molecule has 1 aliphatic heterocycles. The molecule has 2 aromatic carbocycles. The van der Waals surface area contributed by atoms with E-state index in [0.29, 0.717) is 24.5 Å². The number of rotatable bonds is 7. The zero-order valence-corrected chi connectivity index (χ0v) is 16.7. The second-order valence-electron chi connectivity index (χ2n) is 6.91. The van der Waals surface area contributed by atoms with Crippen LogP contribution in [-0.4, -0.2) is 39.9 Å². The van der Waals surface area contributed by atoms with Gasteiger partial charge in [0.05, 0.1) is 14.2 Å². The fourth-order valence-electron chi connectivity index (χ4n) is 3.44. The van der Waals surface area contributed by atoms with Gasteiger partial charge in [0.2, 0.25) is 0 Å². The van der Waals surface area contributed by atoms with Gasteiger partial charge in [-0.25, -0.2) is 4.79 Å². The molecule has 0 spiro atoms. The standard InChI is InChI=1S/C22H29N3O3/c1-27-20-11-6-17(16-21(20)28-2)12-13-23-22(26)24-18-7-9-19(10-8-18)25-14-4-3-5-15-25/h6-11,16H,3-5,12-15H2,1-2H3,(H2,23,24,26). The minimum absolute atomic E-state index is 0.203. The summed E-state index contributed by atoms with van der Waals surface area (Å²) >= 11 is 0. The average molecular weight is 383 g/mol. The summed E-state index contributed by atoms with van der Waals surface area (Å²) in [5.41, 5.74) is 3.09. The van der Waals surface area contributed by atoms with Crippen molar-refractivity contribution in [3.63, 3.8) is 0 Å². The quantitative estimate of drug-likeness (QED) is 0.757. The minimum Gasteiger partial charge on any atom is -0.493 e. The Labute approximate surface area is 166 Å². The molecule has 0 bridgehead atoms. The Bertz CT molecular complexity index is 771. The monoisotopic (exact) mass is 383 g/mol. The highest BCUT2D eigenvalue weighted by Crippen LogP contribution is 2.27. The third-order valence-electron chi connectivity index (χ3n) is 4.99. The number of nitrogens with one attached hydrogen (secondary N) is 2. The van der Waals surface area contributed by atoms with Gasteiger partial charge in [-0.3, -0.25) is 0 Å². The maximum atomic E-state index is 12.1. The summed E-state index contributed by atoms with van der Waals surface area (Å²) in [6.07, 6.45) is 4.53. The number of anilines is 2. The highest BCUT2D eigenvalue weighted by Gasteiger charge is 2.11. The smallest absolute Gasteiger partial charge is 0.319 e. The zero-order valence-electron chi connectivity index (χ0n) is 16.7. The van der Waals surface area contributed by atoms with Crippen molar-refractivity contribution >= 4 is 17.4 Å². The molecule has 0 radical (unpaired) electrons. The van der Waals surface area contributed by atoms with Crippen LogP contribution in [0.5, 0.6) is 11.5 Å². The van der Waals surface area contributed by atoms with E-state index in [0.717, 1.165) is 24.3 Å². The molecule has 6 nitrogen and oxygen atoms in total. The largest absolute Gasteiger partial charge is 0.493 e. The highest BCUT2D eigenvalue weighted by atomic mass is 16.5. The summed E-state index contributed by atoms with van der Waals surface area (Å²) in [5.74, 6) is 1.39. The number of hydrogen-bond donors (Lipinski definition) is 2. The molecule has 0 saturated carbocycles. The second-order valence-corrected chi connectivity index (χ2v) is 6.91. The number of amides is 2. The van der Waals surface area contributed by atoms with Crippen LogP contribution >= 0.6 is 0 Å². The molecule has 6 heteroatoms. The molecular weight excluding hydrogens is 354 g/mol. The normalized spacial score (nSPS) is 13.7. The van der Waals surface area contributed by atoms with Crippen LogP contribution in [0.4, 0.5) is 16.2 Å². The van der Waals surface area contributed by atoms with Crippen molar-refractivity contribution in [3.05, 3.63) is 48.0 Å². The van der Waals surface area contributed by atoms with E-state index in [9.17, 15) is 4.79 Å². The Hall–Kier alpha value is -2.89. The van der Waals surface area contributed by atoms with Gasteiger partial charge in [0.15, 0.2) is 11.5 Å². The SMILES string of the molecule is COc1ccc(CCNC(=O)Nc2ccc(N3CCCCC3)cc2)cc1OC. The van der Waals surface area contributed by atoms with Crippen LogP contribution in [0.3, 0.4) is 0 Å². The van der Waals surface area contributed by atoms with E-state index in [1.54, 1.807) is 14.2 Å². The third kappa shape index (κ3) is 5.31. The molecule has 3 rings (SSSR count). The summed E-state index contributed by atoms with van der Waals surface area (Å²) < 4.78 is 10.5. The minimum atomic E-state index is -0.203. The Morgan fingerprint density at radius 1 is 0.964 bits per heavy atom. The molecule has 2 N–H and O–H groups in total. The topological polar surface area (TPSA) is 62.8 Å². The molecule has 0 aromatic heterocycles. The Morgan fingerprint density at radius 3 is 2.36 bits per heavy atom. The van der Waals surface area contributed by atoms with Crippen LogP contribution < -0.4 is 25.0 Å². The maximum Gasteiger partial charge on any atom is 0.319 e. The molecule has 28 heavy (non-hydrogen) atoms. The average Bonchev–Trinajstić information content (AvgIpc) is 2.74. The number of hydrogen-bond acceptors (Lipinski definition) is 4. The van der Waals surface area contributed by atoms with Gasteiger partial charge < -0.3 is 25.0 Å². The number of urea groups is 1. The van der Waals surface area contributed by atoms with Crippen LogP contribution in [0.15, 0.2) is 42.5 Å². The lowest BCUT2D eigenvalue weighted by Gasteiger charge is -2.28. The lowest BCUT2D eigenvalue weighted by Crippen LogP contribution is -2.30. The van der Waals surface area contributed by atoms with E-state index in [1.807, 2.05) is 30.3 Å². The molecule has 150 valence electrons. The fourth-order valence-corrected chi connectivity index (χ4v) is 3.44. The van der Waals surface area contributed by atoms with Gasteiger partial charge in [0.25, 0.3) is 0 Å². The van der Waals surface area contributed by atoms with E-state index in [1.165, 1.54) is 24.9 Å². The molecule has 0 unspecified atom stereocenters. The predicted molar refractivity (Wildman–Crippen MR) is 113 cm³/mol. The lowest BCUT2D eigenvalue weighted by atomic mass is 10.1. The second kappa shape index (κ2) is 9.88. The lowest BCUT2D eigenvalue weighted by molar-refractivity contribution is 0.252. The molecule has 1 heterocycles. The third-order valence-corrected chi connectivity index (χ3v) is 4.99. The summed E-state index contributed by atoms with van der Waals surface area (Å²) in [6.45, 7) is 2.76. The van der Waals surface area contributed by atoms with Gasteiger partial charge in [-0.1, -0.05) is 6.07 Å². The van der Waals surface area contributed by atoms with Gasteiger partial charge in [-0.2, -0.15) is 0 Å². The number of piperidine rings is 1. The van der Waals surface area contributed by atoms with E-state index in [2.05, 4.69) is 27.7 Å². The first-order chi connectivity index (χ1) is 13.7. The zero-order chi connectivity index (χ0) is 19.8. The van der Waals surface area contributed by atoms with E-state index in [4.69, 9.17) is 9.47 Å². The molecule has 0 aliphatic carbocycles. The number of carbonyl (C=O) groups excluding carboxylic acids is 1. The Balaban J connectivity index is 1.45. The predicted octanol–water partition coefficient (Wildman–Crippen LogP) is 4.06. The highest BCUT2D eigenvalue weighted by molar-refractivity contribution is 5.89. The first-order valence-corrected chi connectivity index (χ1v) is 9.80. The molecule has 2 amide bonds. The van der Waals surface area contributed by atoms with Gasteiger partial charge >= 0.3 is 6.03 Å². The Morgan fingerprint density at radius 2 is 1.68 bits per heavy atom. The van der Waals surface area contributed by atoms with E-state index >= 15 is 0 Å². The summed E-state index contributed by atoms with van der Waals surface area (Å²) in [6, 6.07) is 13.6. The van der Waals surface area contributed by atoms with Crippen molar-refractivity contribution in [3.8, 4) is 11.5 Å². The van der Waals surface area contributed by atoms with Crippen LogP contribution in [0.2, 0.25) is 0 Å². The molecule has 1 saturated heterocycles. The number of benzene rings is 2.